The highest BCUT2D eigenvalue weighted by Gasteiger charge is 2.37. The van der Waals surface area contributed by atoms with Crippen LogP contribution in [0.3, 0.4) is 0 Å². The van der Waals surface area contributed by atoms with Crippen molar-refractivity contribution in [3.05, 3.63) is 46.6 Å². The van der Waals surface area contributed by atoms with E-state index in [-0.39, 0.29) is 27.8 Å². The number of nitrogens with two attached hydrogens (primary N) is 1. The van der Waals surface area contributed by atoms with Crippen molar-refractivity contribution in [1.29, 1.82) is 0 Å². The lowest BCUT2D eigenvalue weighted by atomic mass is 10.1. The van der Waals surface area contributed by atoms with Gasteiger partial charge in [-0.3, -0.25) is 19.2 Å². The Morgan fingerprint density at radius 1 is 1.26 bits per heavy atom. The van der Waals surface area contributed by atoms with Crippen molar-refractivity contribution in [3.8, 4) is 0 Å². The van der Waals surface area contributed by atoms with E-state index in [1.807, 2.05) is 6.92 Å². The van der Waals surface area contributed by atoms with E-state index >= 15 is 0 Å². The number of aryl methyl sites for hydroxylation is 1. The van der Waals surface area contributed by atoms with Gasteiger partial charge in [0.05, 0.1) is 4.90 Å². The second-order valence-corrected chi connectivity index (χ2v) is 10.2. The molecule has 168 valence electrons. The van der Waals surface area contributed by atoms with E-state index in [0.29, 0.717) is 5.13 Å². The molecule has 2 aromatic rings. The van der Waals surface area contributed by atoms with Gasteiger partial charge in [0, 0.05) is 23.7 Å². The maximum atomic E-state index is 12.5. The van der Waals surface area contributed by atoms with Crippen molar-refractivity contribution in [2.45, 2.75) is 31.7 Å². The highest BCUT2D eigenvalue weighted by Crippen LogP contribution is 2.34. The lowest BCUT2D eigenvalue weighted by Gasteiger charge is -2.28. The first-order chi connectivity index (χ1) is 14.4. The van der Waals surface area contributed by atoms with E-state index in [1.165, 1.54) is 30.5 Å². The zero-order valence-corrected chi connectivity index (χ0v) is 19.0. The van der Waals surface area contributed by atoms with E-state index in [9.17, 15) is 23.1 Å². The number of sulfonamides is 1. The first-order valence-corrected chi connectivity index (χ1v) is 11.4. The van der Waals surface area contributed by atoms with Crippen LogP contribution in [0.15, 0.2) is 41.1 Å². The number of likely N-dealkylation sites (N-methyl/N-ethyl adjacent to an activating group) is 1. The number of aliphatic hydroxyl groups excluding tert-OH is 1. The lowest BCUT2D eigenvalue weighted by molar-refractivity contribution is -0.139. The van der Waals surface area contributed by atoms with Crippen molar-refractivity contribution in [1.82, 2.24) is 9.29 Å². The van der Waals surface area contributed by atoms with Crippen LogP contribution in [0.1, 0.15) is 24.3 Å². The van der Waals surface area contributed by atoms with Crippen LogP contribution >= 0.6 is 11.3 Å². The first kappa shape index (κ1) is 24.3. The number of benzene rings is 1. The van der Waals surface area contributed by atoms with E-state index in [0.717, 1.165) is 9.18 Å². The number of hydrogen-bond donors (Lipinski definition) is 4. The van der Waals surface area contributed by atoms with Gasteiger partial charge in [0.1, 0.15) is 6.04 Å². The van der Waals surface area contributed by atoms with Gasteiger partial charge in [0.15, 0.2) is 16.6 Å². The Morgan fingerprint density at radius 2 is 1.87 bits per heavy atom. The van der Waals surface area contributed by atoms with Crippen molar-refractivity contribution in [2.24, 2.45) is 11.7 Å². The third-order valence-corrected chi connectivity index (χ3v) is 7.02. The molecule has 1 aliphatic rings. The number of nitrogens with zero attached hydrogens (tertiary/aromatic N) is 2. The lowest BCUT2D eigenvalue weighted by Crippen LogP contribution is -2.37. The van der Waals surface area contributed by atoms with Crippen LogP contribution in [0.25, 0.3) is 5.76 Å². The zero-order chi connectivity index (χ0) is 23.5. The summed E-state index contributed by atoms with van der Waals surface area (Å²) < 4.78 is 25.8. The number of thiazole rings is 1. The van der Waals surface area contributed by atoms with Crippen molar-refractivity contribution in [2.75, 3.05) is 12.4 Å². The average molecular weight is 469 g/mol. The maximum absolute atomic E-state index is 12.5. The van der Waals surface area contributed by atoms with Gasteiger partial charge < -0.3 is 15.9 Å². The van der Waals surface area contributed by atoms with E-state index in [1.54, 1.807) is 32.2 Å². The molecule has 0 fully saturated rings. The number of anilines is 1. The molecular formula is C19H24N4O6S2. The summed E-state index contributed by atoms with van der Waals surface area (Å²) in [5.41, 5.74) is 4.93. The molecule has 1 atom stereocenters. The average Bonchev–Trinajstić information content (AvgIpc) is 3.11. The van der Waals surface area contributed by atoms with Gasteiger partial charge in [0.25, 0.3) is 15.9 Å². The minimum absolute atomic E-state index is 0.0208. The molecule has 0 bridgehead atoms. The van der Waals surface area contributed by atoms with Crippen LogP contribution in [0.2, 0.25) is 0 Å². The van der Waals surface area contributed by atoms with Crippen LogP contribution in [0, 0.1) is 12.8 Å². The molecule has 1 aliphatic heterocycles. The molecule has 1 aromatic carbocycles. The first-order valence-electron chi connectivity index (χ1n) is 9.11. The van der Waals surface area contributed by atoms with Gasteiger partial charge in [-0.05, 0) is 25.0 Å². The fourth-order valence-electron chi connectivity index (χ4n) is 2.54. The second-order valence-electron chi connectivity index (χ2n) is 7.00. The number of hydrogen-bond acceptors (Lipinski definition) is 8. The molecule has 1 aromatic heterocycles. The normalized spacial score (nSPS) is 15.6. The number of rotatable bonds is 4. The summed E-state index contributed by atoms with van der Waals surface area (Å²) in [6, 6.07) is 5.28. The Morgan fingerprint density at radius 3 is 2.35 bits per heavy atom. The fraction of sp³-hybridized carbons (Fsp3) is 0.316. The predicted octanol–water partition coefficient (Wildman–Crippen LogP) is 2.01. The number of aliphatic hydroxyl groups is 1. The van der Waals surface area contributed by atoms with Crippen molar-refractivity contribution >= 4 is 44.1 Å². The number of carboxylic acids is 1. The van der Waals surface area contributed by atoms with Crippen LogP contribution in [0.5, 0.6) is 0 Å². The molecule has 0 radical (unpaired) electrons. The molecule has 0 saturated carbocycles. The van der Waals surface area contributed by atoms with Crippen LogP contribution in [0.4, 0.5) is 5.13 Å². The minimum Gasteiger partial charge on any atom is -0.505 e. The number of amides is 1. The molecule has 5 N–H and O–H groups in total. The fourth-order valence-corrected chi connectivity index (χ4v) is 4.59. The topological polar surface area (TPSA) is 163 Å². The van der Waals surface area contributed by atoms with Gasteiger partial charge in [-0.1, -0.05) is 26.0 Å². The molecule has 0 aliphatic carbocycles. The molecular weight excluding hydrogens is 444 g/mol. The number of aromatic nitrogens is 1. The second kappa shape index (κ2) is 9.45. The Hall–Kier alpha value is -2.96. The van der Waals surface area contributed by atoms with Crippen molar-refractivity contribution in [3.63, 3.8) is 0 Å². The number of carbonyl (C=O) groups is 2. The smallest absolute Gasteiger partial charge is 0.320 e. The Bertz CT molecular complexity index is 1120. The standard InChI is InChI=1S/C14H13N3O4S2.C5H11NO2/c1-8-7-15-14(22-8)16-13(19)11-12(18)9-5-3-4-6-10(9)23(20,21)17(11)2;1-3(2)4(6)5(7)8/h3-7,18H,1-2H3,(H,15,16,19);3-4H,6H2,1-2H3,(H,7,8)/t;4-/m.0/s1. The number of fused-ring (bicyclic) bond motifs is 1. The molecule has 10 nitrogen and oxygen atoms in total. The molecule has 0 unspecified atom stereocenters. The third kappa shape index (κ3) is 5.21. The Labute approximate surface area is 184 Å². The van der Waals surface area contributed by atoms with Gasteiger partial charge in [0.2, 0.25) is 0 Å². The SMILES string of the molecule is CC(C)[C@H](N)C(=O)O.Cc1cnc(NC(=O)C2=C(O)c3ccccc3S(=O)(=O)N2C)s1. The highest BCUT2D eigenvalue weighted by molar-refractivity contribution is 7.89. The number of carboxylic acid groups (broad SMARTS) is 1. The summed E-state index contributed by atoms with van der Waals surface area (Å²) >= 11 is 1.25. The Balaban J connectivity index is 0.000000366. The van der Waals surface area contributed by atoms with Crippen molar-refractivity contribution < 1.29 is 28.2 Å². The van der Waals surface area contributed by atoms with Gasteiger partial charge in [-0.2, -0.15) is 0 Å². The molecule has 3 rings (SSSR count). The monoisotopic (exact) mass is 468 g/mol. The van der Waals surface area contributed by atoms with Gasteiger partial charge in [-0.15, -0.1) is 11.3 Å². The number of carbonyl (C=O) groups excluding carboxylic acids is 1. The summed E-state index contributed by atoms with van der Waals surface area (Å²) in [4.78, 5) is 27.3. The third-order valence-electron chi connectivity index (χ3n) is 4.38. The summed E-state index contributed by atoms with van der Waals surface area (Å²) in [5, 5.41) is 21.4. The number of nitrogens with one attached hydrogen (secondary N) is 1. The molecule has 31 heavy (non-hydrogen) atoms. The Kier molecular flexibility index (Phi) is 7.41. The molecule has 12 heteroatoms. The van der Waals surface area contributed by atoms with Gasteiger partial charge in [-0.25, -0.2) is 13.4 Å². The maximum Gasteiger partial charge on any atom is 0.320 e. The molecule has 1 amide bonds. The molecule has 0 saturated heterocycles. The van der Waals surface area contributed by atoms with Crippen LogP contribution in [-0.4, -0.2) is 52.9 Å². The van der Waals surface area contributed by atoms with E-state index < -0.39 is 27.9 Å². The summed E-state index contributed by atoms with van der Waals surface area (Å²) in [5.74, 6) is -2.03. The van der Waals surface area contributed by atoms with Gasteiger partial charge >= 0.3 is 5.97 Å². The van der Waals surface area contributed by atoms with E-state index in [2.05, 4.69) is 10.3 Å². The molecule has 2 heterocycles. The van der Waals surface area contributed by atoms with Crippen LogP contribution in [-0.2, 0) is 19.6 Å². The van der Waals surface area contributed by atoms with Crippen LogP contribution < -0.4 is 11.1 Å². The quantitative estimate of drug-likeness (QED) is 0.529. The summed E-state index contributed by atoms with van der Waals surface area (Å²) in [7, 11) is -2.67. The predicted molar refractivity (Wildman–Crippen MR) is 117 cm³/mol. The summed E-state index contributed by atoms with van der Waals surface area (Å²) in [6.07, 6.45) is 1.59. The minimum atomic E-state index is -3.90. The highest BCUT2D eigenvalue weighted by atomic mass is 32.2. The number of aliphatic carboxylic acids is 1. The van der Waals surface area contributed by atoms with E-state index in [4.69, 9.17) is 10.8 Å². The molecule has 0 spiro atoms. The largest absolute Gasteiger partial charge is 0.505 e. The zero-order valence-electron chi connectivity index (χ0n) is 17.4. The summed E-state index contributed by atoms with van der Waals surface area (Å²) in [6.45, 7) is 5.38.